The monoisotopic (exact) mass is 485 g/mol. The van der Waals surface area contributed by atoms with E-state index < -0.39 is 11.2 Å². The standard InChI is InChI=1S/C22H27N7O2S2/c1-13(12-26-22(24-2)25-9-10-30)16-11-15(17-7-8-27-29(17)3)18-19(23)21(32-20(18)28-16)33(31)14-5-4-6-14/h7-8,11-12,14,30H,2,4-6,9-10,23H2,1,3H3,(H,25,26)/b13-12+. The van der Waals surface area contributed by atoms with Crippen molar-refractivity contribution < 1.29 is 9.66 Å². The molecule has 0 amide bonds. The van der Waals surface area contributed by atoms with Gasteiger partial charge >= 0.3 is 0 Å². The Balaban J connectivity index is 1.83. The van der Waals surface area contributed by atoms with Crippen molar-refractivity contribution in [1.82, 2.24) is 20.1 Å². The largest absolute Gasteiger partial charge is 0.611 e. The molecule has 0 bridgehead atoms. The molecule has 33 heavy (non-hydrogen) atoms. The molecule has 1 atom stereocenters. The Labute approximate surface area is 199 Å². The summed E-state index contributed by atoms with van der Waals surface area (Å²) in [5.74, 6) is 0.315. The summed E-state index contributed by atoms with van der Waals surface area (Å²) in [4.78, 5) is 13.7. The molecule has 174 valence electrons. The van der Waals surface area contributed by atoms with Gasteiger partial charge in [-0.15, -0.1) is 0 Å². The smallest absolute Gasteiger partial charge is 0.232 e. The van der Waals surface area contributed by atoms with E-state index in [0.717, 1.165) is 52.0 Å². The summed E-state index contributed by atoms with van der Waals surface area (Å²) in [7, 11) is 1.87. The Morgan fingerprint density at radius 1 is 1.52 bits per heavy atom. The van der Waals surface area contributed by atoms with E-state index in [0.29, 0.717) is 22.4 Å². The summed E-state index contributed by atoms with van der Waals surface area (Å²) in [6.07, 6.45) is 6.44. The zero-order valence-electron chi connectivity index (χ0n) is 18.6. The van der Waals surface area contributed by atoms with Crippen LogP contribution in [0.25, 0.3) is 27.0 Å². The first-order chi connectivity index (χ1) is 15.9. The Morgan fingerprint density at radius 3 is 2.91 bits per heavy atom. The second-order valence-corrected chi connectivity index (χ2v) is 10.7. The van der Waals surface area contributed by atoms with Crippen molar-refractivity contribution in [2.45, 2.75) is 35.6 Å². The highest BCUT2D eigenvalue weighted by Gasteiger charge is 2.35. The number of nitrogens with two attached hydrogens (primary N) is 1. The number of pyridine rings is 1. The lowest BCUT2D eigenvalue weighted by atomic mass is 10.00. The summed E-state index contributed by atoms with van der Waals surface area (Å²) in [5, 5.41) is 17.2. The number of hydrogen-bond acceptors (Lipinski definition) is 7. The quantitative estimate of drug-likeness (QED) is 0.267. The minimum Gasteiger partial charge on any atom is -0.611 e. The third-order valence-electron chi connectivity index (χ3n) is 5.63. The van der Waals surface area contributed by atoms with Crippen LogP contribution < -0.4 is 11.1 Å². The first-order valence-electron chi connectivity index (χ1n) is 10.6. The molecule has 4 rings (SSSR count). The summed E-state index contributed by atoms with van der Waals surface area (Å²) >= 11 is 0.270. The van der Waals surface area contributed by atoms with E-state index in [4.69, 9.17) is 15.8 Å². The molecule has 1 aliphatic rings. The normalized spacial score (nSPS) is 16.1. The van der Waals surface area contributed by atoms with Gasteiger partial charge < -0.3 is 20.7 Å². The molecule has 0 saturated heterocycles. The molecule has 9 nitrogen and oxygen atoms in total. The first kappa shape index (κ1) is 23.4. The maximum Gasteiger partial charge on any atom is 0.232 e. The molecule has 0 aliphatic heterocycles. The molecule has 0 aromatic carbocycles. The second kappa shape index (κ2) is 10.0. The number of anilines is 1. The van der Waals surface area contributed by atoms with Crippen LogP contribution in [0.1, 0.15) is 31.9 Å². The van der Waals surface area contributed by atoms with Crippen LogP contribution in [0.4, 0.5) is 5.69 Å². The SMILES string of the molecule is C=N/C(=N\C=C(/C)c1cc(-c2ccnn2C)c2c(N)c([S+]([O-])C3CCC3)sc2n1)NCCO. The lowest BCUT2D eigenvalue weighted by Crippen LogP contribution is -2.28. The number of aliphatic hydroxyl groups is 1. The third kappa shape index (κ3) is 4.67. The van der Waals surface area contributed by atoms with Gasteiger partial charge in [0, 0.05) is 48.1 Å². The van der Waals surface area contributed by atoms with Gasteiger partial charge in [0.25, 0.3) is 0 Å². The number of fused-ring (bicyclic) bond motifs is 1. The van der Waals surface area contributed by atoms with Crippen LogP contribution in [-0.2, 0) is 18.2 Å². The molecule has 1 saturated carbocycles. The lowest BCUT2D eigenvalue weighted by molar-refractivity contribution is 0.300. The zero-order chi connectivity index (χ0) is 23.5. The van der Waals surface area contributed by atoms with Gasteiger partial charge in [-0.3, -0.25) is 4.68 Å². The van der Waals surface area contributed by atoms with Crippen LogP contribution in [0.15, 0.2) is 38.7 Å². The van der Waals surface area contributed by atoms with Crippen LogP contribution in [-0.4, -0.2) is 55.5 Å². The molecule has 3 aromatic heterocycles. The van der Waals surface area contributed by atoms with Crippen molar-refractivity contribution in [2.75, 3.05) is 18.9 Å². The molecule has 4 N–H and O–H groups in total. The average molecular weight is 486 g/mol. The number of rotatable bonds is 7. The number of nitrogens with zero attached hydrogens (tertiary/aromatic N) is 5. The van der Waals surface area contributed by atoms with Gasteiger partial charge in [-0.05, 0) is 50.6 Å². The number of aryl methyl sites for hydroxylation is 1. The fraction of sp³-hybridized carbons (Fsp3) is 0.364. The second-order valence-electron chi connectivity index (χ2n) is 7.80. The van der Waals surface area contributed by atoms with Gasteiger partial charge in [-0.2, -0.15) is 5.10 Å². The fourth-order valence-corrected chi connectivity index (χ4v) is 6.77. The topological polar surface area (TPSA) is 137 Å². The Morgan fingerprint density at radius 2 is 2.30 bits per heavy atom. The molecule has 0 spiro atoms. The highest BCUT2D eigenvalue weighted by Crippen LogP contribution is 2.45. The van der Waals surface area contributed by atoms with E-state index in [1.165, 1.54) is 11.3 Å². The molecule has 0 radical (unpaired) electrons. The van der Waals surface area contributed by atoms with Crippen LogP contribution in [0.5, 0.6) is 0 Å². The maximum atomic E-state index is 13.1. The molecule has 3 aromatic rings. The Kier molecular flexibility index (Phi) is 7.13. The van der Waals surface area contributed by atoms with Crippen molar-refractivity contribution in [1.29, 1.82) is 0 Å². The molecular weight excluding hydrogens is 458 g/mol. The van der Waals surface area contributed by atoms with Gasteiger partial charge in [0.15, 0.2) is 0 Å². The highest BCUT2D eigenvalue weighted by molar-refractivity contribution is 7.94. The highest BCUT2D eigenvalue weighted by atomic mass is 32.2. The fourth-order valence-electron chi connectivity index (χ4n) is 3.56. The van der Waals surface area contributed by atoms with Gasteiger partial charge in [-0.25, -0.2) is 15.0 Å². The average Bonchev–Trinajstić information content (AvgIpc) is 3.35. The van der Waals surface area contributed by atoms with Crippen molar-refractivity contribution in [3.05, 3.63) is 30.2 Å². The summed E-state index contributed by atoms with van der Waals surface area (Å²) in [6.45, 7) is 5.70. The van der Waals surface area contributed by atoms with Gasteiger partial charge in [0.1, 0.15) is 15.8 Å². The number of aliphatic hydroxyl groups excluding tert-OH is 1. The molecule has 1 fully saturated rings. The number of aliphatic imine (C=N–C) groups is 2. The minimum atomic E-state index is -1.13. The van der Waals surface area contributed by atoms with E-state index in [2.05, 4.69) is 27.1 Å². The number of hydrogen-bond donors (Lipinski definition) is 3. The van der Waals surface area contributed by atoms with Crippen molar-refractivity contribution in [2.24, 2.45) is 17.0 Å². The van der Waals surface area contributed by atoms with Gasteiger partial charge in [0.05, 0.1) is 18.0 Å². The van der Waals surface area contributed by atoms with Crippen molar-refractivity contribution in [3.63, 3.8) is 0 Å². The van der Waals surface area contributed by atoms with E-state index >= 15 is 0 Å². The van der Waals surface area contributed by atoms with Crippen molar-refractivity contribution in [3.8, 4) is 11.3 Å². The first-order valence-corrected chi connectivity index (χ1v) is 12.7. The van der Waals surface area contributed by atoms with Gasteiger partial charge in [-0.1, -0.05) is 11.3 Å². The van der Waals surface area contributed by atoms with Crippen LogP contribution in [0.2, 0.25) is 0 Å². The maximum absolute atomic E-state index is 13.1. The molecule has 1 unspecified atom stereocenters. The summed E-state index contributed by atoms with van der Waals surface area (Å²) in [6, 6.07) is 3.88. The minimum absolute atomic E-state index is 0.0338. The summed E-state index contributed by atoms with van der Waals surface area (Å²) in [5.41, 5.74) is 10.4. The van der Waals surface area contributed by atoms with Crippen LogP contribution in [0.3, 0.4) is 0 Å². The molecule has 3 heterocycles. The van der Waals surface area contributed by atoms with Crippen molar-refractivity contribution >= 4 is 56.7 Å². The van der Waals surface area contributed by atoms with E-state index in [9.17, 15) is 4.55 Å². The number of nitrogens with one attached hydrogen (secondary N) is 1. The molecule has 1 aliphatic carbocycles. The van der Waals surface area contributed by atoms with E-state index in [1.807, 2.05) is 26.1 Å². The third-order valence-corrected chi connectivity index (χ3v) is 8.93. The molecule has 11 heteroatoms. The van der Waals surface area contributed by atoms with Crippen LogP contribution in [0, 0.1) is 0 Å². The number of allylic oxidation sites excluding steroid dienone is 1. The van der Waals surface area contributed by atoms with E-state index in [-0.39, 0.29) is 11.9 Å². The number of aromatic nitrogens is 3. The predicted octanol–water partition coefficient (Wildman–Crippen LogP) is 2.94. The summed E-state index contributed by atoms with van der Waals surface area (Å²) < 4.78 is 15.6. The van der Waals surface area contributed by atoms with E-state index in [1.54, 1.807) is 17.1 Å². The number of nitrogen functional groups attached to an aromatic ring is 1. The lowest BCUT2D eigenvalue weighted by Gasteiger charge is -2.27. The number of guanidine groups is 1. The van der Waals surface area contributed by atoms with Gasteiger partial charge in [0.2, 0.25) is 10.2 Å². The Hall–Kier alpha value is -2.73. The number of thiophene rings is 1. The zero-order valence-corrected chi connectivity index (χ0v) is 20.2. The molecular formula is C22H27N7O2S2. The van der Waals surface area contributed by atoms with Crippen LogP contribution >= 0.6 is 11.3 Å². The predicted molar refractivity (Wildman–Crippen MR) is 136 cm³/mol. The Bertz CT molecular complexity index is 1230.